The number of benzene rings is 3. The number of rotatable bonds is 5. The number of aromatic nitrogens is 3. The van der Waals surface area contributed by atoms with Crippen LogP contribution in [0.4, 0.5) is 5.95 Å². The van der Waals surface area contributed by atoms with Crippen molar-refractivity contribution < 1.29 is 4.79 Å². The first-order valence-corrected chi connectivity index (χ1v) is 10.9. The van der Waals surface area contributed by atoms with Gasteiger partial charge in [-0.3, -0.25) is 10.1 Å². The van der Waals surface area contributed by atoms with Gasteiger partial charge in [0.05, 0.1) is 11.6 Å². The van der Waals surface area contributed by atoms with Crippen LogP contribution in [0, 0.1) is 6.92 Å². The average Bonchev–Trinajstić information content (AvgIpc) is 3.36. The molecule has 5 aromatic rings. The Kier molecular flexibility index (Phi) is 5.06. The van der Waals surface area contributed by atoms with Crippen LogP contribution in [0.1, 0.15) is 22.6 Å². The van der Waals surface area contributed by atoms with Gasteiger partial charge in [0.2, 0.25) is 16.8 Å². The van der Waals surface area contributed by atoms with E-state index in [2.05, 4.69) is 46.6 Å². The molecular weight excluding hydrogens is 404 g/mol. The highest BCUT2D eigenvalue weighted by Gasteiger charge is 2.24. The van der Waals surface area contributed by atoms with E-state index >= 15 is 0 Å². The molecule has 0 aliphatic heterocycles. The Labute approximate surface area is 184 Å². The molecule has 0 bridgehead atoms. The molecule has 31 heavy (non-hydrogen) atoms. The number of amides is 1. The molecule has 1 amide bonds. The minimum absolute atomic E-state index is 0.160. The Morgan fingerprint density at radius 1 is 0.903 bits per heavy atom. The van der Waals surface area contributed by atoms with E-state index in [1.54, 1.807) is 4.52 Å². The van der Waals surface area contributed by atoms with Crippen LogP contribution in [0.5, 0.6) is 0 Å². The third kappa shape index (κ3) is 3.85. The van der Waals surface area contributed by atoms with Gasteiger partial charge in [0.25, 0.3) is 0 Å². The minimum Gasteiger partial charge on any atom is -0.292 e. The summed E-state index contributed by atoms with van der Waals surface area (Å²) in [5.41, 5.74) is 5.07. The second kappa shape index (κ2) is 8.16. The molecule has 3 aromatic carbocycles. The van der Waals surface area contributed by atoms with Crippen molar-refractivity contribution in [3.05, 3.63) is 107 Å². The first kappa shape index (κ1) is 19.2. The number of nitrogens with zero attached hydrogens (tertiary/aromatic N) is 3. The van der Waals surface area contributed by atoms with Crippen molar-refractivity contribution in [1.82, 2.24) is 14.6 Å². The van der Waals surface area contributed by atoms with Crippen LogP contribution in [0.2, 0.25) is 0 Å². The number of carbonyl (C=O) groups excluding carboxylic acids is 1. The summed E-state index contributed by atoms with van der Waals surface area (Å²) in [6, 6.07) is 27.8. The molecule has 0 aliphatic carbocycles. The Balaban J connectivity index is 1.47. The van der Waals surface area contributed by atoms with Crippen molar-refractivity contribution in [3.8, 4) is 11.3 Å². The summed E-state index contributed by atoms with van der Waals surface area (Å²) in [6.45, 7) is 2.06. The Bertz CT molecular complexity index is 1290. The van der Waals surface area contributed by atoms with Crippen LogP contribution in [0.15, 0.2) is 90.3 Å². The lowest BCUT2D eigenvalue weighted by Gasteiger charge is -2.16. The minimum atomic E-state index is -0.444. The molecule has 0 saturated heterocycles. The topological polar surface area (TPSA) is 59.3 Å². The molecule has 1 N–H and O–H groups in total. The predicted octanol–water partition coefficient (Wildman–Crippen LogP) is 5.54. The van der Waals surface area contributed by atoms with Crippen molar-refractivity contribution in [1.29, 1.82) is 0 Å². The summed E-state index contributed by atoms with van der Waals surface area (Å²) in [7, 11) is 0. The number of carbonyl (C=O) groups is 1. The molecule has 0 aliphatic rings. The molecule has 152 valence electrons. The average molecular weight is 425 g/mol. The summed E-state index contributed by atoms with van der Waals surface area (Å²) >= 11 is 1.50. The fourth-order valence-electron chi connectivity index (χ4n) is 3.63. The van der Waals surface area contributed by atoms with Gasteiger partial charge in [0, 0.05) is 10.9 Å². The maximum absolute atomic E-state index is 13.3. The molecule has 0 atom stereocenters. The van der Waals surface area contributed by atoms with Crippen molar-refractivity contribution in [2.24, 2.45) is 0 Å². The summed E-state index contributed by atoms with van der Waals surface area (Å²) < 4.78 is 1.78. The fourth-order valence-corrected chi connectivity index (χ4v) is 4.46. The van der Waals surface area contributed by atoms with Crippen molar-refractivity contribution in [2.75, 3.05) is 5.32 Å². The number of hydrogen-bond donors (Lipinski definition) is 1. The second-order valence-corrected chi connectivity index (χ2v) is 8.20. The molecular formula is C25H20N4OS. The lowest BCUT2D eigenvalue weighted by atomic mass is 9.90. The van der Waals surface area contributed by atoms with Crippen molar-refractivity contribution in [2.45, 2.75) is 12.8 Å². The van der Waals surface area contributed by atoms with Crippen LogP contribution < -0.4 is 5.32 Å². The van der Waals surface area contributed by atoms with E-state index in [0.717, 1.165) is 27.3 Å². The summed E-state index contributed by atoms with van der Waals surface area (Å²) in [5, 5.41) is 9.52. The molecule has 2 aromatic heterocycles. The van der Waals surface area contributed by atoms with E-state index in [1.165, 1.54) is 16.9 Å². The second-order valence-electron chi connectivity index (χ2n) is 7.36. The Hall–Kier alpha value is -3.77. The van der Waals surface area contributed by atoms with Gasteiger partial charge < -0.3 is 0 Å². The summed E-state index contributed by atoms with van der Waals surface area (Å²) in [5.74, 6) is -0.296. The Morgan fingerprint density at radius 2 is 1.52 bits per heavy atom. The molecule has 0 unspecified atom stereocenters. The summed E-state index contributed by atoms with van der Waals surface area (Å²) in [4.78, 5) is 18.6. The van der Waals surface area contributed by atoms with Crippen molar-refractivity contribution >= 4 is 28.2 Å². The highest BCUT2D eigenvalue weighted by atomic mass is 32.1. The zero-order chi connectivity index (χ0) is 21.2. The molecule has 6 heteroatoms. The van der Waals surface area contributed by atoms with Crippen LogP contribution in [0.3, 0.4) is 0 Å². The zero-order valence-corrected chi connectivity index (χ0v) is 17.7. The van der Waals surface area contributed by atoms with Gasteiger partial charge in [0.15, 0.2) is 0 Å². The maximum atomic E-state index is 13.3. The number of thiazole rings is 1. The van der Waals surface area contributed by atoms with E-state index < -0.39 is 5.92 Å². The van der Waals surface area contributed by atoms with E-state index in [9.17, 15) is 4.79 Å². The van der Waals surface area contributed by atoms with Crippen LogP contribution in [-0.2, 0) is 4.79 Å². The molecule has 5 nitrogen and oxygen atoms in total. The fraction of sp³-hybridized carbons (Fsp3) is 0.0800. The molecule has 0 spiro atoms. The zero-order valence-electron chi connectivity index (χ0n) is 16.9. The van der Waals surface area contributed by atoms with Gasteiger partial charge >= 0.3 is 0 Å². The number of fused-ring (bicyclic) bond motifs is 1. The lowest BCUT2D eigenvalue weighted by molar-refractivity contribution is -0.116. The Morgan fingerprint density at radius 3 is 2.13 bits per heavy atom. The molecule has 0 saturated carbocycles. The smallest absolute Gasteiger partial charge is 0.250 e. The van der Waals surface area contributed by atoms with Crippen molar-refractivity contribution in [3.63, 3.8) is 0 Å². The SMILES string of the molecule is Cc1ccc(-c2csc3nc(NC(=O)C(c4ccccc4)c4ccccc4)nn23)cc1. The van der Waals surface area contributed by atoms with Gasteiger partial charge in [-0.05, 0) is 18.1 Å². The van der Waals surface area contributed by atoms with Crippen LogP contribution >= 0.6 is 11.3 Å². The predicted molar refractivity (Wildman–Crippen MR) is 124 cm³/mol. The number of hydrogen-bond acceptors (Lipinski definition) is 4. The van der Waals surface area contributed by atoms with Gasteiger partial charge in [-0.25, -0.2) is 4.52 Å². The van der Waals surface area contributed by atoms with Gasteiger partial charge in [-0.1, -0.05) is 90.5 Å². The number of nitrogens with one attached hydrogen (secondary N) is 1. The van der Waals surface area contributed by atoms with Crippen LogP contribution in [0.25, 0.3) is 16.2 Å². The van der Waals surface area contributed by atoms with Gasteiger partial charge in [-0.2, -0.15) is 4.98 Å². The number of anilines is 1. The van der Waals surface area contributed by atoms with E-state index in [4.69, 9.17) is 0 Å². The van der Waals surface area contributed by atoms with Gasteiger partial charge in [-0.15, -0.1) is 16.4 Å². The third-order valence-corrected chi connectivity index (χ3v) is 6.01. The largest absolute Gasteiger partial charge is 0.292 e. The quantitative estimate of drug-likeness (QED) is 0.403. The van der Waals surface area contributed by atoms with Crippen LogP contribution in [-0.4, -0.2) is 20.5 Å². The molecule has 0 fully saturated rings. The van der Waals surface area contributed by atoms with E-state index in [-0.39, 0.29) is 5.91 Å². The molecule has 5 rings (SSSR count). The van der Waals surface area contributed by atoms with Gasteiger partial charge in [0.1, 0.15) is 0 Å². The maximum Gasteiger partial charge on any atom is 0.250 e. The van der Waals surface area contributed by atoms with E-state index in [1.807, 2.05) is 66.0 Å². The highest BCUT2D eigenvalue weighted by molar-refractivity contribution is 7.15. The normalized spacial score (nSPS) is 11.2. The molecule has 2 heterocycles. The summed E-state index contributed by atoms with van der Waals surface area (Å²) in [6.07, 6.45) is 0. The standard InChI is InChI=1S/C25H20N4OS/c1-17-12-14-18(15-13-17)21-16-31-25-27-24(28-29(21)25)26-23(30)22(19-8-4-2-5-9-19)20-10-6-3-7-11-20/h2-16,22H,1H3,(H,26,28,30). The first-order valence-electron chi connectivity index (χ1n) is 10.0. The monoisotopic (exact) mass is 424 g/mol. The third-order valence-electron chi connectivity index (χ3n) is 5.19. The molecule has 0 radical (unpaired) electrons. The highest BCUT2D eigenvalue weighted by Crippen LogP contribution is 2.28. The number of aryl methyl sites for hydroxylation is 1. The lowest BCUT2D eigenvalue weighted by Crippen LogP contribution is -2.22. The van der Waals surface area contributed by atoms with E-state index in [0.29, 0.717) is 5.95 Å². The first-order chi connectivity index (χ1) is 15.2.